The lowest BCUT2D eigenvalue weighted by molar-refractivity contribution is 0.0594. The number of anilines is 1. The monoisotopic (exact) mass is 301 g/mol. The van der Waals surface area contributed by atoms with Crippen LogP contribution in [0, 0.1) is 5.41 Å². The van der Waals surface area contributed by atoms with Crippen molar-refractivity contribution in [1.82, 2.24) is 9.80 Å². The van der Waals surface area contributed by atoms with E-state index < -0.39 is 0 Å². The second-order valence-corrected chi connectivity index (χ2v) is 7.22. The third kappa shape index (κ3) is 2.98. The van der Waals surface area contributed by atoms with Gasteiger partial charge in [-0.1, -0.05) is 0 Å². The van der Waals surface area contributed by atoms with Gasteiger partial charge in [0.2, 0.25) is 0 Å². The van der Waals surface area contributed by atoms with Crippen molar-refractivity contribution in [2.45, 2.75) is 19.3 Å². The Bertz CT molecular complexity index is 530. The predicted octanol–water partition coefficient (Wildman–Crippen LogP) is 2.31. The highest BCUT2D eigenvalue weighted by Gasteiger charge is 2.40. The fraction of sp³-hybridized carbons (Fsp3) is 0.611. The summed E-state index contributed by atoms with van der Waals surface area (Å²) >= 11 is 0. The molecule has 0 unspecified atom stereocenters. The van der Waals surface area contributed by atoms with Crippen LogP contribution in [-0.2, 0) is 0 Å². The topological polar surface area (TPSA) is 26.8 Å². The van der Waals surface area contributed by atoms with Crippen molar-refractivity contribution >= 4 is 11.6 Å². The molecule has 22 heavy (non-hydrogen) atoms. The first-order valence-electron chi connectivity index (χ1n) is 8.24. The molecule has 0 aromatic heterocycles. The van der Waals surface area contributed by atoms with E-state index in [0.717, 1.165) is 37.2 Å². The minimum absolute atomic E-state index is 0.187. The molecule has 2 aliphatic rings. The quantitative estimate of drug-likeness (QED) is 0.839. The average molecular weight is 301 g/mol. The van der Waals surface area contributed by atoms with Crippen LogP contribution in [0.25, 0.3) is 0 Å². The highest BCUT2D eigenvalue weighted by atomic mass is 16.2. The zero-order valence-electron chi connectivity index (χ0n) is 14.0. The summed E-state index contributed by atoms with van der Waals surface area (Å²) < 4.78 is 0. The van der Waals surface area contributed by atoms with Gasteiger partial charge in [-0.25, -0.2) is 0 Å². The Labute approximate surface area is 133 Å². The Morgan fingerprint density at radius 1 is 1.05 bits per heavy atom. The SMILES string of the molecule is CN1CCC2(CCN(C(=O)c3ccc(N(C)C)cc3)CC2)C1. The van der Waals surface area contributed by atoms with E-state index in [0.29, 0.717) is 5.41 Å². The minimum atomic E-state index is 0.187. The summed E-state index contributed by atoms with van der Waals surface area (Å²) in [6.07, 6.45) is 3.60. The zero-order valence-corrected chi connectivity index (χ0v) is 14.0. The van der Waals surface area contributed by atoms with Crippen LogP contribution < -0.4 is 4.90 Å². The van der Waals surface area contributed by atoms with Crippen molar-refractivity contribution in [1.29, 1.82) is 0 Å². The van der Waals surface area contributed by atoms with Gasteiger partial charge in [0.25, 0.3) is 5.91 Å². The average Bonchev–Trinajstić information content (AvgIpc) is 2.88. The van der Waals surface area contributed by atoms with E-state index in [1.54, 1.807) is 0 Å². The Morgan fingerprint density at radius 2 is 1.64 bits per heavy atom. The normalized spacial score (nSPS) is 21.3. The first kappa shape index (κ1) is 15.3. The summed E-state index contributed by atoms with van der Waals surface area (Å²) in [5.74, 6) is 0.187. The summed E-state index contributed by atoms with van der Waals surface area (Å²) in [4.78, 5) is 19.2. The van der Waals surface area contributed by atoms with Crippen LogP contribution in [0.15, 0.2) is 24.3 Å². The molecule has 1 amide bonds. The van der Waals surface area contributed by atoms with E-state index in [9.17, 15) is 4.79 Å². The third-order valence-corrected chi connectivity index (χ3v) is 5.37. The van der Waals surface area contributed by atoms with Crippen LogP contribution >= 0.6 is 0 Å². The van der Waals surface area contributed by atoms with Crippen LogP contribution in [-0.4, -0.2) is 63.0 Å². The van der Waals surface area contributed by atoms with Gasteiger partial charge in [0.05, 0.1) is 0 Å². The first-order chi connectivity index (χ1) is 10.5. The van der Waals surface area contributed by atoms with Crippen molar-refractivity contribution in [3.05, 3.63) is 29.8 Å². The van der Waals surface area contributed by atoms with Crippen LogP contribution in [0.4, 0.5) is 5.69 Å². The standard InChI is InChI=1S/C18H27N3O/c1-19(2)16-6-4-15(5-7-16)17(22)21-12-9-18(10-13-21)8-11-20(3)14-18/h4-7H,8-14H2,1-3H3. The first-order valence-corrected chi connectivity index (χ1v) is 8.24. The fourth-order valence-corrected chi connectivity index (χ4v) is 3.84. The molecule has 0 bridgehead atoms. The zero-order chi connectivity index (χ0) is 15.7. The number of benzene rings is 1. The highest BCUT2D eigenvalue weighted by molar-refractivity contribution is 5.94. The predicted molar refractivity (Wildman–Crippen MR) is 90.5 cm³/mol. The number of amides is 1. The molecule has 3 rings (SSSR count). The van der Waals surface area contributed by atoms with Gasteiger partial charge < -0.3 is 14.7 Å². The Morgan fingerprint density at radius 3 is 2.14 bits per heavy atom. The lowest BCUT2D eigenvalue weighted by atomic mass is 9.77. The third-order valence-electron chi connectivity index (χ3n) is 5.37. The largest absolute Gasteiger partial charge is 0.378 e. The molecule has 4 nitrogen and oxygen atoms in total. The number of hydrogen-bond donors (Lipinski definition) is 0. The summed E-state index contributed by atoms with van der Waals surface area (Å²) in [6.45, 7) is 4.22. The van der Waals surface area contributed by atoms with Crippen molar-refractivity contribution in [2.24, 2.45) is 5.41 Å². The molecule has 2 saturated heterocycles. The maximum Gasteiger partial charge on any atom is 0.253 e. The van der Waals surface area contributed by atoms with E-state index in [1.165, 1.54) is 19.5 Å². The second-order valence-electron chi connectivity index (χ2n) is 7.22. The molecule has 0 atom stereocenters. The number of nitrogens with zero attached hydrogens (tertiary/aromatic N) is 3. The summed E-state index contributed by atoms with van der Waals surface area (Å²) in [7, 11) is 6.23. The van der Waals surface area contributed by atoms with Gasteiger partial charge in [0, 0.05) is 45.0 Å². The van der Waals surface area contributed by atoms with E-state index in [-0.39, 0.29) is 5.91 Å². The Balaban J connectivity index is 1.62. The maximum absolute atomic E-state index is 12.7. The molecule has 1 aromatic rings. The molecule has 4 heteroatoms. The smallest absolute Gasteiger partial charge is 0.253 e. The van der Waals surface area contributed by atoms with Crippen LogP contribution in [0.2, 0.25) is 0 Å². The maximum atomic E-state index is 12.7. The van der Waals surface area contributed by atoms with E-state index >= 15 is 0 Å². The van der Waals surface area contributed by atoms with Gasteiger partial charge in [0.1, 0.15) is 0 Å². The van der Waals surface area contributed by atoms with E-state index in [4.69, 9.17) is 0 Å². The molecule has 2 fully saturated rings. The van der Waals surface area contributed by atoms with Crippen molar-refractivity contribution in [3.8, 4) is 0 Å². The molecular formula is C18H27N3O. The van der Waals surface area contributed by atoms with Gasteiger partial charge in [-0.05, 0) is 62.5 Å². The van der Waals surface area contributed by atoms with Gasteiger partial charge in [-0.15, -0.1) is 0 Å². The van der Waals surface area contributed by atoms with Crippen molar-refractivity contribution in [2.75, 3.05) is 52.2 Å². The van der Waals surface area contributed by atoms with Gasteiger partial charge in [0.15, 0.2) is 0 Å². The number of rotatable bonds is 2. The summed E-state index contributed by atoms with van der Waals surface area (Å²) in [5.41, 5.74) is 2.41. The highest BCUT2D eigenvalue weighted by Crippen LogP contribution is 2.39. The van der Waals surface area contributed by atoms with Gasteiger partial charge in [-0.2, -0.15) is 0 Å². The molecule has 0 radical (unpaired) electrons. The Kier molecular flexibility index (Phi) is 4.13. The van der Waals surface area contributed by atoms with Crippen molar-refractivity contribution in [3.63, 3.8) is 0 Å². The molecule has 0 aliphatic carbocycles. The number of carbonyl (C=O) groups is 1. The molecule has 0 N–H and O–H groups in total. The lowest BCUT2D eigenvalue weighted by Gasteiger charge is -2.39. The summed E-state index contributed by atoms with van der Waals surface area (Å²) in [6, 6.07) is 7.94. The molecule has 1 aromatic carbocycles. The minimum Gasteiger partial charge on any atom is -0.378 e. The Hall–Kier alpha value is -1.55. The molecular weight excluding hydrogens is 274 g/mol. The number of likely N-dealkylation sites (tertiary alicyclic amines) is 2. The second kappa shape index (κ2) is 5.92. The van der Waals surface area contributed by atoms with Gasteiger partial charge >= 0.3 is 0 Å². The van der Waals surface area contributed by atoms with Crippen molar-refractivity contribution < 1.29 is 4.79 Å². The van der Waals surface area contributed by atoms with Gasteiger partial charge in [-0.3, -0.25) is 4.79 Å². The molecule has 120 valence electrons. The van der Waals surface area contributed by atoms with Crippen LogP contribution in [0.5, 0.6) is 0 Å². The molecule has 0 saturated carbocycles. The van der Waals surface area contributed by atoms with E-state index in [1.807, 2.05) is 43.3 Å². The number of hydrogen-bond acceptors (Lipinski definition) is 3. The number of carbonyl (C=O) groups excluding carboxylic acids is 1. The summed E-state index contributed by atoms with van der Waals surface area (Å²) in [5, 5.41) is 0. The van der Waals surface area contributed by atoms with Crippen LogP contribution in [0.3, 0.4) is 0 Å². The van der Waals surface area contributed by atoms with E-state index in [2.05, 4.69) is 16.8 Å². The number of piperidine rings is 1. The fourth-order valence-electron chi connectivity index (χ4n) is 3.84. The molecule has 2 heterocycles. The lowest BCUT2D eigenvalue weighted by Crippen LogP contribution is -2.44. The molecule has 1 spiro atoms. The molecule has 2 aliphatic heterocycles. The van der Waals surface area contributed by atoms with Crippen LogP contribution in [0.1, 0.15) is 29.6 Å².